The number of hydrogen-bond acceptors (Lipinski definition) is 3. The number of amides is 2. The summed E-state index contributed by atoms with van der Waals surface area (Å²) in [5.74, 6) is 0.464. The number of benzene rings is 1. The summed E-state index contributed by atoms with van der Waals surface area (Å²) in [6.45, 7) is 0.0660. The first kappa shape index (κ1) is 17.5. The fourth-order valence-corrected chi connectivity index (χ4v) is 2.63. The van der Waals surface area contributed by atoms with Gasteiger partial charge in [-0.2, -0.15) is 0 Å². The Labute approximate surface area is 134 Å². The minimum Gasteiger partial charge on any atom is -0.488 e. The van der Waals surface area contributed by atoms with Gasteiger partial charge in [-0.05, 0) is 30.5 Å². The van der Waals surface area contributed by atoms with E-state index in [0.717, 1.165) is 24.8 Å². The number of aliphatic hydroxyl groups excluding tert-OH is 1. The highest BCUT2D eigenvalue weighted by molar-refractivity contribution is 5.73. The maximum absolute atomic E-state index is 12.1. The summed E-state index contributed by atoms with van der Waals surface area (Å²) in [5, 5.41) is 15.1. The lowest BCUT2D eigenvalue weighted by atomic mass is 10.1. The number of hydrogen-bond donors (Lipinski definition) is 3. The van der Waals surface area contributed by atoms with E-state index in [2.05, 4.69) is 10.6 Å². The molecule has 2 rings (SSSR count). The zero-order valence-electron chi connectivity index (χ0n) is 12.8. The molecule has 2 amide bonds. The Morgan fingerprint density at radius 1 is 1.35 bits per heavy atom. The molecule has 3 N–H and O–H groups in total. The first-order valence-corrected chi connectivity index (χ1v) is 7.74. The summed E-state index contributed by atoms with van der Waals surface area (Å²) in [7, 11) is 0. The summed E-state index contributed by atoms with van der Waals surface area (Å²) < 4.78 is 29.1. The Hall–Kier alpha value is -1.89. The van der Waals surface area contributed by atoms with Gasteiger partial charge < -0.3 is 20.5 Å². The summed E-state index contributed by atoms with van der Waals surface area (Å²) >= 11 is 0. The predicted octanol–water partition coefficient (Wildman–Crippen LogP) is 2.29. The highest BCUT2D eigenvalue weighted by Crippen LogP contribution is 2.24. The molecule has 1 aliphatic carbocycles. The minimum atomic E-state index is -2.52. The van der Waals surface area contributed by atoms with Crippen molar-refractivity contribution in [3.63, 3.8) is 0 Å². The van der Waals surface area contributed by atoms with E-state index in [9.17, 15) is 18.7 Å². The zero-order valence-corrected chi connectivity index (χ0v) is 12.8. The van der Waals surface area contributed by atoms with E-state index < -0.39 is 13.0 Å². The van der Waals surface area contributed by atoms with E-state index in [1.165, 1.54) is 0 Å². The van der Waals surface area contributed by atoms with Gasteiger partial charge in [-0.25, -0.2) is 13.6 Å². The van der Waals surface area contributed by atoms with Crippen LogP contribution in [0.4, 0.5) is 13.6 Å². The number of nitrogens with one attached hydrogen (secondary N) is 2. The molecule has 2 atom stereocenters. The van der Waals surface area contributed by atoms with Crippen LogP contribution in [-0.4, -0.2) is 36.8 Å². The smallest absolute Gasteiger partial charge is 0.315 e. The van der Waals surface area contributed by atoms with Crippen molar-refractivity contribution in [3.8, 4) is 5.75 Å². The van der Waals surface area contributed by atoms with Gasteiger partial charge in [0.05, 0.1) is 6.10 Å². The lowest BCUT2D eigenvalue weighted by Crippen LogP contribution is -2.39. The van der Waals surface area contributed by atoms with Crippen molar-refractivity contribution < 1.29 is 23.4 Å². The van der Waals surface area contributed by atoms with Gasteiger partial charge in [0.15, 0.2) is 0 Å². The zero-order chi connectivity index (χ0) is 16.7. The third kappa shape index (κ3) is 6.02. The monoisotopic (exact) mass is 328 g/mol. The molecule has 0 bridgehead atoms. The van der Waals surface area contributed by atoms with Crippen LogP contribution in [0.15, 0.2) is 24.3 Å². The highest BCUT2D eigenvalue weighted by atomic mass is 19.3. The molecule has 128 valence electrons. The Morgan fingerprint density at radius 2 is 2.17 bits per heavy atom. The minimum absolute atomic E-state index is 0.117. The first-order chi connectivity index (χ1) is 11.0. The van der Waals surface area contributed by atoms with Gasteiger partial charge in [0.1, 0.15) is 12.4 Å². The molecule has 1 aliphatic rings. The summed E-state index contributed by atoms with van der Waals surface area (Å²) in [4.78, 5) is 11.7. The van der Waals surface area contributed by atoms with Crippen molar-refractivity contribution in [1.82, 2.24) is 10.6 Å². The van der Waals surface area contributed by atoms with Gasteiger partial charge in [-0.3, -0.25) is 0 Å². The molecule has 0 spiro atoms. The third-order valence-corrected chi connectivity index (χ3v) is 3.87. The number of halogens is 2. The van der Waals surface area contributed by atoms with Gasteiger partial charge in [-0.15, -0.1) is 0 Å². The number of ether oxygens (including phenoxy) is 1. The Kier molecular flexibility index (Phi) is 6.58. The number of urea groups is 1. The molecule has 0 radical (unpaired) electrons. The van der Waals surface area contributed by atoms with Gasteiger partial charge in [0.2, 0.25) is 0 Å². The molecule has 1 aromatic carbocycles. The highest BCUT2D eigenvalue weighted by Gasteiger charge is 2.25. The Bertz CT molecular complexity index is 514. The predicted molar refractivity (Wildman–Crippen MR) is 81.5 cm³/mol. The largest absolute Gasteiger partial charge is 0.488 e. The van der Waals surface area contributed by atoms with Gasteiger partial charge in [-0.1, -0.05) is 18.6 Å². The van der Waals surface area contributed by atoms with Crippen LogP contribution in [0.3, 0.4) is 0 Å². The van der Waals surface area contributed by atoms with Crippen LogP contribution in [0.5, 0.6) is 5.75 Å². The van der Waals surface area contributed by atoms with Gasteiger partial charge in [0.25, 0.3) is 6.43 Å². The van der Waals surface area contributed by atoms with Crippen LogP contribution in [0.25, 0.3) is 0 Å². The van der Waals surface area contributed by atoms with Crippen LogP contribution in [-0.2, 0) is 6.54 Å². The fraction of sp³-hybridized carbons (Fsp3) is 0.562. The van der Waals surface area contributed by atoms with Crippen LogP contribution in [0, 0.1) is 5.92 Å². The quantitative estimate of drug-likeness (QED) is 0.719. The number of aliphatic hydroxyl groups is 1. The number of rotatable bonds is 7. The topological polar surface area (TPSA) is 70.6 Å². The molecule has 0 unspecified atom stereocenters. The van der Waals surface area contributed by atoms with Crippen molar-refractivity contribution in [1.29, 1.82) is 0 Å². The summed E-state index contributed by atoms with van der Waals surface area (Å²) in [6.07, 6.45) is -0.155. The molecule has 0 aromatic heterocycles. The molecular weight excluding hydrogens is 306 g/mol. The lowest BCUT2D eigenvalue weighted by molar-refractivity contribution is 0.0818. The van der Waals surface area contributed by atoms with E-state index >= 15 is 0 Å². The summed E-state index contributed by atoms with van der Waals surface area (Å²) in [6, 6.07) is 6.35. The Balaban J connectivity index is 1.72. The van der Waals surface area contributed by atoms with E-state index in [0.29, 0.717) is 12.3 Å². The molecule has 1 aromatic rings. The molecular formula is C16H22F2N2O3. The van der Waals surface area contributed by atoms with E-state index in [1.807, 2.05) is 0 Å². The molecule has 5 nitrogen and oxygen atoms in total. The maximum Gasteiger partial charge on any atom is 0.315 e. The standard InChI is InChI=1S/C16H22F2N2O3/c17-15(18)10-23-13-5-1-3-11(7-13)8-19-16(22)20-9-12-4-2-6-14(12)21/h1,3,5,7,12,14-15,21H,2,4,6,8-10H2,(H2,19,20,22)/t12-,14+/m0/s1. The number of carbonyl (C=O) groups excluding carboxylic acids is 1. The number of carbonyl (C=O) groups is 1. The van der Waals surface area contributed by atoms with Gasteiger partial charge >= 0.3 is 6.03 Å². The third-order valence-electron chi connectivity index (χ3n) is 3.87. The normalized spacial score (nSPS) is 20.5. The first-order valence-electron chi connectivity index (χ1n) is 7.74. The summed E-state index contributed by atoms with van der Waals surface area (Å²) in [5.41, 5.74) is 0.757. The fourth-order valence-electron chi connectivity index (χ4n) is 2.63. The maximum atomic E-state index is 12.1. The average molecular weight is 328 g/mol. The second-order valence-electron chi connectivity index (χ2n) is 5.67. The van der Waals surface area contributed by atoms with Crippen LogP contribution < -0.4 is 15.4 Å². The van der Waals surface area contributed by atoms with Crippen LogP contribution >= 0.6 is 0 Å². The van der Waals surface area contributed by atoms with E-state index in [-0.39, 0.29) is 24.6 Å². The molecule has 0 saturated heterocycles. The lowest BCUT2D eigenvalue weighted by Gasteiger charge is -2.15. The molecule has 1 saturated carbocycles. The van der Waals surface area contributed by atoms with Crippen molar-refractivity contribution in [2.24, 2.45) is 5.92 Å². The molecule has 7 heteroatoms. The second kappa shape index (κ2) is 8.67. The molecule has 1 fully saturated rings. The SMILES string of the molecule is O=C(NCc1cccc(OCC(F)F)c1)NC[C@@H]1CCC[C@H]1O. The van der Waals surface area contributed by atoms with Crippen molar-refractivity contribution in [2.45, 2.75) is 38.3 Å². The molecule has 0 heterocycles. The van der Waals surface area contributed by atoms with Crippen molar-refractivity contribution in [2.75, 3.05) is 13.2 Å². The Morgan fingerprint density at radius 3 is 2.87 bits per heavy atom. The van der Waals surface area contributed by atoms with Gasteiger partial charge in [0, 0.05) is 19.0 Å². The van der Waals surface area contributed by atoms with Crippen molar-refractivity contribution in [3.05, 3.63) is 29.8 Å². The number of alkyl halides is 2. The molecule has 0 aliphatic heterocycles. The van der Waals surface area contributed by atoms with Crippen LogP contribution in [0.1, 0.15) is 24.8 Å². The average Bonchev–Trinajstić information content (AvgIpc) is 2.94. The van der Waals surface area contributed by atoms with Crippen LogP contribution in [0.2, 0.25) is 0 Å². The molecule has 23 heavy (non-hydrogen) atoms. The van der Waals surface area contributed by atoms with E-state index in [4.69, 9.17) is 4.74 Å². The second-order valence-corrected chi connectivity index (χ2v) is 5.67. The van der Waals surface area contributed by atoms with Crippen molar-refractivity contribution >= 4 is 6.03 Å². The van der Waals surface area contributed by atoms with E-state index in [1.54, 1.807) is 24.3 Å².